The third kappa shape index (κ3) is 3.02. The summed E-state index contributed by atoms with van der Waals surface area (Å²) >= 11 is 4.91. The van der Waals surface area contributed by atoms with Gasteiger partial charge in [0.2, 0.25) is 5.91 Å². The number of hydrogen-bond acceptors (Lipinski definition) is 2. The van der Waals surface area contributed by atoms with E-state index in [0.29, 0.717) is 6.54 Å². The van der Waals surface area contributed by atoms with Crippen molar-refractivity contribution in [3.05, 3.63) is 35.9 Å². The van der Waals surface area contributed by atoms with Crippen LogP contribution in [0.2, 0.25) is 0 Å². The number of hydrogen-bond donors (Lipinski definition) is 2. The first-order valence-corrected chi connectivity index (χ1v) is 5.19. The normalized spacial score (nSPS) is 11.8. The minimum absolute atomic E-state index is 0.142. The van der Waals surface area contributed by atoms with Crippen molar-refractivity contribution in [2.24, 2.45) is 5.73 Å². The molecule has 0 bridgehead atoms. The van der Waals surface area contributed by atoms with Crippen LogP contribution in [0.15, 0.2) is 30.3 Å². The van der Waals surface area contributed by atoms with E-state index in [1.165, 1.54) is 0 Å². The average molecular weight is 222 g/mol. The smallest absolute Gasteiger partial charge is 0.234 e. The van der Waals surface area contributed by atoms with Crippen molar-refractivity contribution in [3.8, 4) is 0 Å². The summed E-state index contributed by atoms with van der Waals surface area (Å²) in [6.07, 6.45) is 0. The molecule has 0 aliphatic rings. The number of carbonyl (C=O) groups excluding carboxylic acids is 1. The number of carbonyl (C=O) groups is 1. The van der Waals surface area contributed by atoms with Gasteiger partial charge in [0.25, 0.3) is 0 Å². The molecule has 1 amide bonds. The Kier molecular flexibility index (Phi) is 4.24. The maximum absolute atomic E-state index is 11.7. The van der Waals surface area contributed by atoms with Crippen LogP contribution in [0.5, 0.6) is 0 Å². The highest BCUT2D eigenvalue weighted by Crippen LogP contribution is 2.15. The van der Waals surface area contributed by atoms with Gasteiger partial charge in [-0.25, -0.2) is 0 Å². The minimum Gasteiger partial charge on any atom is -0.392 e. The third-order valence-electron chi connectivity index (χ3n) is 2.03. The largest absolute Gasteiger partial charge is 0.392 e. The van der Waals surface area contributed by atoms with E-state index < -0.39 is 5.92 Å². The molecule has 0 aliphatic heterocycles. The van der Waals surface area contributed by atoms with E-state index in [0.717, 1.165) is 5.56 Å². The van der Waals surface area contributed by atoms with Crippen molar-refractivity contribution in [2.75, 3.05) is 6.54 Å². The Morgan fingerprint density at radius 3 is 2.53 bits per heavy atom. The molecule has 80 valence electrons. The fourth-order valence-corrected chi connectivity index (χ4v) is 1.61. The molecule has 4 heteroatoms. The van der Waals surface area contributed by atoms with Crippen LogP contribution in [-0.4, -0.2) is 17.4 Å². The standard InChI is InChI=1S/C11H14N2OS/c1-2-13-11(14)9(10(12)15)8-6-4-3-5-7-8/h3-7,9H,2H2,1H3,(H2,12,15)(H,13,14). The van der Waals surface area contributed by atoms with Gasteiger partial charge in [-0.05, 0) is 12.5 Å². The second-order valence-electron chi connectivity index (χ2n) is 3.14. The molecule has 0 fully saturated rings. The van der Waals surface area contributed by atoms with E-state index in [9.17, 15) is 4.79 Å². The van der Waals surface area contributed by atoms with E-state index in [1.54, 1.807) is 0 Å². The van der Waals surface area contributed by atoms with Gasteiger partial charge in [-0.15, -0.1) is 0 Å². The van der Waals surface area contributed by atoms with E-state index in [2.05, 4.69) is 5.32 Å². The number of thiocarbonyl (C=S) groups is 1. The zero-order valence-corrected chi connectivity index (χ0v) is 9.38. The molecule has 1 unspecified atom stereocenters. The number of nitrogens with one attached hydrogen (secondary N) is 1. The molecular formula is C11H14N2OS. The van der Waals surface area contributed by atoms with Crippen molar-refractivity contribution in [2.45, 2.75) is 12.8 Å². The lowest BCUT2D eigenvalue weighted by Crippen LogP contribution is -2.36. The third-order valence-corrected chi connectivity index (χ3v) is 2.27. The van der Waals surface area contributed by atoms with Crippen molar-refractivity contribution < 1.29 is 4.79 Å². The molecule has 1 aromatic carbocycles. The molecule has 0 saturated carbocycles. The number of likely N-dealkylation sites (N-methyl/N-ethyl adjacent to an activating group) is 1. The van der Waals surface area contributed by atoms with Gasteiger partial charge < -0.3 is 11.1 Å². The predicted octanol–water partition coefficient (Wildman–Crippen LogP) is 1.19. The Bertz CT molecular complexity index is 351. The lowest BCUT2D eigenvalue weighted by atomic mass is 9.98. The molecule has 1 atom stereocenters. The molecule has 3 N–H and O–H groups in total. The quantitative estimate of drug-likeness (QED) is 0.752. The zero-order chi connectivity index (χ0) is 11.3. The summed E-state index contributed by atoms with van der Waals surface area (Å²) in [5.41, 5.74) is 6.40. The molecule has 15 heavy (non-hydrogen) atoms. The molecule has 3 nitrogen and oxygen atoms in total. The first-order valence-electron chi connectivity index (χ1n) is 4.78. The first kappa shape index (κ1) is 11.7. The topological polar surface area (TPSA) is 55.1 Å². The van der Waals surface area contributed by atoms with Crippen LogP contribution in [0.25, 0.3) is 0 Å². The van der Waals surface area contributed by atoms with Crippen molar-refractivity contribution in [1.82, 2.24) is 5.32 Å². The summed E-state index contributed by atoms with van der Waals surface area (Å²) < 4.78 is 0. The van der Waals surface area contributed by atoms with Gasteiger partial charge >= 0.3 is 0 Å². The summed E-state index contributed by atoms with van der Waals surface area (Å²) in [6.45, 7) is 2.43. The lowest BCUT2D eigenvalue weighted by molar-refractivity contribution is -0.121. The highest BCUT2D eigenvalue weighted by Gasteiger charge is 2.22. The van der Waals surface area contributed by atoms with E-state index in [1.807, 2.05) is 37.3 Å². The lowest BCUT2D eigenvalue weighted by Gasteiger charge is -2.14. The van der Waals surface area contributed by atoms with Gasteiger partial charge in [0.05, 0.1) is 4.99 Å². The van der Waals surface area contributed by atoms with E-state index in [4.69, 9.17) is 18.0 Å². The first-order chi connectivity index (χ1) is 7.16. The summed E-state index contributed by atoms with van der Waals surface area (Å²) in [7, 11) is 0. The molecule has 0 saturated heterocycles. The van der Waals surface area contributed by atoms with Crippen LogP contribution in [0.1, 0.15) is 18.4 Å². The molecule has 0 radical (unpaired) electrons. The Labute approximate surface area is 94.7 Å². The van der Waals surface area contributed by atoms with E-state index >= 15 is 0 Å². The fourth-order valence-electron chi connectivity index (χ4n) is 1.37. The fraction of sp³-hybridized carbons (Fsp3) is 0.273. The maximum atomic E-state index is 11.7. The van der Waals surface area contributed by atoms with Crippen LogP contribution >= 0.6 is 12.2 Å². The molecule has 0 aliphatic carbocycles. The molecule has 1 rings (SSSR count). The Hall–Kier alpha value is -1.42. The van der Waals surface area contributed by atoms with Crippen LogP contribution < -0.4 is 11.1 Å². The summed E-state index contributed by atoms with van der Waals surface area (Å²) in [6, 6.07) is 9.30. The van der Waals surface area contributed by atoms with Crippen LogP contribution in [0.3, 0.4) is 0 Å². The molecule has 0 spiro atoms. The predicted molar refractivity (Wildman–Crippen MR) is 64.7 cm³/mol. The number of nitrogens with two attached hydrogens (primary N) is 1. The van der Waals surface area contributed by atoms with E-state index in [-0.39, 0.29) is 10.9 Å². The second-order valence-corrected chi connectivity index (χ2v) is 3.61. The Balaban J connectivity index is 2.94. The van der Waals surface area contributed by atoms with Gasteiger partial charge in [-0.1, -0.05) is 42.5 Å². The summed E-state index contributed by atoms with van der Waals surface area (Å²) in [5.74, 6) is -0.669. The molecule has 0 heterocycles. The maximum Gasteiger partial charge on any atom is 0.234 e. The Morgan fingerprint density at radius 2 is 2.07 bits per heavy atom. The van der Waals surface area contributed by atoms with Crippen molar-refractivity contribution in [3.63, 3.8) is 0 Å². The van der Waals surface area contributed by atoms with Gasteiger partial charge in [0.15, 0.2) is 0 Å². The van der Waals surface area contributed by atoms with Gasteiger partial charge in [0, 0.05) is 6.54 Å². The highest BCUT2D eigenvalue weighted by atomic mass is 32.1. The van der Waals surface area contributed by atoms with Crippen LogP contribution in [0.4, 0.5) is 0 Å². The van der Waals surface area contributed by atoms with Crippen molar-refractivity contribution in [1.29, 1.82) is 0 Å². The van der Waals surface area contributed by atoms with Crippen molar-refractivity contribution >= 4 is 23.1 Å². The molecule has 1 aromatic rings. The zero-order valence-electron chi connectivity index (χ0n) is 8.57. The SMILES string of the molecule is CCNC(=O)C(C(N)=S)c1ccccc1. The van der Waals surface area contributed by atoms with Gasteiger partial charge in [-0.2, -0.15) is 0 Å². The average Bonchev–Trinajstić information content (AvgIpc) is 2.19. The van der Waals surface area contributed by atoms with Gasteiger partial charge in [0.1, 0.15) is 5.92 Å². The number of amides is 1. The summed E-state index contributed by atoms with van der Waals surface area (Å²) in [4.78, 5) is 11.9. The van der Waals surface area contributed by atoms with Crippen LogP contribution in [0, 0.1) is 0 Å². The van der Waals surface area contributed by atoms with Gasteiger partial charge in [-0.3, -0.25) is 4.79 Å². The number of benzene rings is 1. The Morgan fingerprint density at radius 1 is 1.47 bits per heavy atom. The summed E-state index contributed by atoms with van der Waals surface area (Å²) in [5, 5.41) is 2.72. The minimum atomic E-state index is -0.527. The highest BCUT2D eigenvalue weighted by molar-refractivity contribution is 7.80. The van der Waals surface area contributed by atoms with Crippen LogP contribution in [-0.2, 0) is 4.79 Å². The monoisotopic (exact) mass is 222 g/mol. The number of rotatable bonds is 4. The molecular weight excluding hydrogens is 208 g/mol. The second kappa shape index (κ2) is 5.46. The molecule has 0 aromatic heterocycles.